The van der Waals surface area contributed by atoms with Crippen molar-refractivity contribution in [2.24, 2.45) is 0 Å². The molecule has 0 radical (unpaired) electrons. The summed E-state index contributed by atoms with van der Waals surface area (Å²) >= 11 is 15.1. The van der Waals surface area contributed by atoms with Gasteiger partial charge < -0.3 is 15.1 Å². The number of hydrogen-bond donors (Lipinski definition) is 4. The molecule has 2 aliphatic rings. The fourth-order valence-corrected chi connectivity index (χ4v) is 5.94. The van der Waals surface area contributed by atoms with Gasteiger partial charge in [0.05, 0.1) is 39.1 Å². The molecular weight excluding hydrogens is 662 g/mol. The third-order valence-electron chi connectivity index (χ3n) is 4.80. The van der Waals surface area contributed by atoms with Crippen LogP contribution in [0.5, 0.6) is 0 Å². The van der Waals surface area contributed by atoms with Crippen LogP contribution in [-0.2, 0) is 14.8 Å². The summed E-state index contributed by atoms with van der Waals surface area (Å²) in [7, 11) is -4.11. The van der Waals surface area contributed by atoms with Crippen LogP contribution in [0.1, 0.15) is 15.9 Å². The number of aliphatic carboxylic acids is 1. The van der Waals surface area contributed by atoms with Gasteiger partial charge in [0.25, 0.3) is 15.9 Å². The van der Waals surface area contributed by atoms with E-state index in [9.17, 15) is 23.1 Å². The van der Waals surface area contributed by atoms with Gasteiger partial charge in [-0.15, -0.1) is 0 Å². The lowest BCUT2D eigenvalue weighted by Crippen LogP contribution is -2.29. The van der Waals surface area contributed by atoms with E-state index in [-0.39, 0.29) is 21.2 Å². The molecule has 0 bridgehead atoms. The van der Waals surface area contributed by atoms with Crippen molar-refractivity contribution in [3.63, 3.8) is 0 Å². The summed E-state index contributed by atoms with van der Waals surface area (Å²) in [6.45, 7) is 0. The Morgan fingerprint density at radius 3 is 2.64 bits per heavy atom. The van der Waals surface area contributed by atoms with Crippen LogP contribution in [0.15, 0.2) is 77.2 Å². The number of anilines is 1. The highest BCUT2D eigenvalue weighted by atomic mass is 127. The molecule has 0 saturated carbocycles. The number of fused-ring (bicyclic) bond motifs is 1. The minimum absolute atomic E-state index is 0.00143. The van der Waals surface area contributed by atoms with Crippen LogP contribution in [0.25, 0.3) is 6.08 Å². The highest BCUT2D eigenvalue weighted by Gasteiger charge is 2.30. The maximum Gasteiger partial charge on any atom is 0.352 e. The van der Waals surface area contributed by atoms with Crippen molar-refractivity contribution in [3.8, 4) is 0 Å². The van der Waals surface area contributed by atoms with Gasteiger partial charge in [-0.05, 0) is 76.7 Å². The van der Waals surface area contributed by atoms with E-state index < -0.39 is 27.6 Å². The van der Waals surface area contributed by atoms with Crippen LogP contribution in [0.4, 0.5) is 5.69 Å². The van der Waals surface area contributed by atoms with Crippen molar-refractivity contribution in [2.45, 2.75) is 0 Å². The summed E-state index contributed by atoms with van der Waals surface area (Å²) in [5.41, 5.74) is 0.283. The number of sulfonamides is 1. The number of hydrogen-bond acceptors (Lipinski definition) is 7. The smallest absolute Gasteiger partial charge is 0.352 e. The number of allylic oxidation sites excluding steroid dienone is 2. The molecule has 0 atom stereocenters. The summed E-state index contributed by atoms with van der Waals surface area (Å²) in [5, 5.41) is 12.5. The monoisotopic (exact) mass is 676 g/mol. The molecule has 9 nitrogen and oxygen atoms in total. The number of rotatable bonds is 7. The highest BCUT2D eigenvalue weighted by molar-refractivity contribution is 14.1. The minimum Gasteiger partial charge on any atom is -0.477 e. The zero-order chi connectivity index (χ0) is 26.0. The Hall–Kier alpha value is -2.65. The Morgan fingerprint density at radius 2 is 1.92 bits per heavy atom. The van der Waals surface area contributed by atoms with Crippen molar-refractivity contribution < 1.29 is 23.1 Å². The van der Waals surface area contributed by atoms with Gasteiger partial charge in [-0.1, -0.05) is 29.3 Å². The Kier molecular flexibility index (Phi) is 7.90. The molecule has 0 aromatic heterocycles. The van der Waals surface area contributed by atoms with Gasteiger partial charge in [-0.2, -0.15) is 0 Å². The van der Waals surface area contributed by atoms with Crippen molar-refractivity contribution in [1.29, 1.82) is 0 Å². The lowest BCUT2D eigenvalue weighted by molar-refractivity contribution is -0.132. The molecule has 1 amide bonds. The first kappa shape index (κ1) is 26.4. The average Bonchev–Trinajstić information content (AvgIpc) is 3.29. The molecule has 4 rings (SSSR count). The van der Waals surface area contributed by atoms with E-state index in [1.165, 1.54) is 54.6 Å². The second kappa shape index (κ2) is 10.8. The van der Waals surface area contributed by atoms with Gasteiger partial charge in [-0.25, -0.2) is 13.2 Å². The number of carboxylic acid groups (broad SMARTS) is 1. The molecule has 36 heavy (non-hydrogen) atoms. The van der Waals surface area contributed by atoms with Crippen LogP contribution in [0.2, 0.25) is 10.0 Å². The Morgan fingerprint density at radius 1 is 1.14 bits per heavy atom. The van der Waals surface area contributed by atoms with E-state index in [4.69, 9.17) is 23.2 Å². The topological polar surface area (TPSA) is 128 Å². The first-order chi connectivity index (χ1) is 17.0. The van der Waals surface area contributed by atoms with Crippen molar-refractivity contribution >= 4 is 91.6 Å². The number of carboxylic acids is 1. The summed E-state index contributed by atoms with van der Waals surface area (Å²) in [6, 6.07) is 8.95. The molecule has 2 aromatic carbocycles. The average molecular weight is 677 g/mol. The Labute approximate surface area is 234 Å². The normalized spacial score (nSPS) is 15.0. The minimum atomic E-state index is -4.11. The number of carbonyl (C=O) groups is 2. The van der Waals surface area contributed by atoms with E-state index in [0.29, 0.717) is 19.9 Å². The van der Waals surface area contributed by atoms with Crippen LogP contribution in [0.3, 0.4) is 0 Å². The lowest BCUT2D eigenvalue weighted by atomic mass is 10.1. The summed E-state index contributed by atoms with van der Waals surface area (Å²) < 4.78 is 34.1. The number of halogens is 3. The third-order valence-corrected chi connectivity index (χ3v) is 8.36. The van der Waals surface area contributed by atoms with Gasteiger partial charge in [0.1, 0.15) is 10.6 Å². The molecule has 0 spiro atoms. The third kappa shape index (κ3) is 5.83. The number of benzene rings is 2. The fraction of sp³-hybridized carbons (Fsp3) is 0. The number of carbonyl (C=O) groups excluding carboxylic acids is 1. The maximum absolute atomic E-state index is 13.2. The van der Waals surface area contributed by atoms with E-state index in [1.54, 1.807) is 28.8 Å². The van der Waals surface area contributed by atoms with Gasteiger partial charge >= 0.3 is 5.97 Å². The molecule has 186 valence electrons. The van der Waals surface area contributed by atoms with E-state index in [1.807, 2.05) is 22.6 Å². The number of amides is 1. The Balaban J connectivity index is 1.64. The first-order valence-electron chi connectivity index (χ1n) is 9.89. The molecule has 0 unspecified atom stereocenters. The predicted molar refractivity (Wildman–Crippen MR) is 149 cm³/mol. The second-order valence-corrected chi connectivity index (χ2v) is 11.7. The molecule has 4 N–H and O–H groups in total. The standard InChI is InChI=1S/C22H15Cl2IN4O5S2/c23-15-6-3-12(8-16(15)24)9-18(22(31)32)27-21(30)14-5-4-13(25)10-17(14)28-36(33,34)20-2-1-7-29-19(20)11-26-35-29/h1-11,26,28H,(H,27,30)(H,31,32). The molecule has 0 aliphatic carbocycles. The van der Waals surface area contributed by atoms with E-state index >= 15 is 0 Å². The molecule has 0 saturated heterocycles. The number of nitrogens with one attached hydrogen (secondary N) is 3. The van der Waals surface area contributed by atoms with E-state index in [2.05, 4.69) is 14.8 Å². The van der Waals surface area contributed by atoms with Gasteiger partial charge in [0, 0.05) is 16.0 Å². The zero-order valence-electron chi connectivity index (χ0n) is 17.8. The van der Waals surface area contributed by atoms with Gasteiger partial charge in [-0.3, -0.25) is 13.8 Å². The molecule has 2 heterocycles. The predicted octanol–water partition coefficient (Wildman–Crippen LogP) is 4.92. The van der Waals surface area contributed by atoms with Crippen LogP contribution in [0, 0.1) is 3.57 Å². The SMILES string of the molecule is O=C(O)C(=Cc1ccc(Cl)c(Cl)c1)NC(=O)c1ccc(I)cc1NS(=O)(=O)C1=CC=CN2SNC=C12. The summed E-state index contributed by atoms with van der Waals surface area (Å²) in [5.74, 6) is -2.23. The van der Waals surface area contributed by atoms with Crippen LogP contribution >= 0.6 is 57.9 Å². The summed E-state index contributed by atoms with van der Waals surface area (Å²) in [6.07, 6.45) is 7.49. The summed E-state index contributed by atoms with van der Waals surface area (Å²) in [4.78, 5) is 24.9. The first-order valence-corrected chi connectivity index (χ1v) is 14.0. The quantitative estimate of drug-likeness (QED) is 0.185. The molecular formula is C22H15Cl2IN4O5S2. The van der Waals surface area contributed by atoms with Crippen LogP contribution in [-0.4, -0.2) is 29.7 Å². The molecule has 2 aromatic rings. The number of nitrogens with zero attached hydrogens (tertiary/aromatic N) is 1. The van der Waals surface area contributed by atoms with Crippen molar-refractivity contribution in [2.75, 3.05) is 4.72 Å². The maximum atomic E-state index is 13.2. The molecule has 0 fully saturated rings. The molecule has 14 heteroatoms. The van der Waals surface area contributed by atoms with E-state index in [0.717, 1.165) is 0 Å². The fourth-order valence-electron chi connectivity index (χ4n) is 3.17. The van der Waals surface area contributed by atoms with Crippen molar-refractivity contribution in [1.82, 2.24) is 14.3 Å². The lowest BCUT2D eigenvalue weighted by Gasteiger charge is -2.21. The Bertz CT molecular complexity index is 1510. The highest BCUT2D eigenvalue weighted by Crippen LogP contribution is 2.34. The zero-order valence-corrected chi connectivity index (χ0v) is 23.1. The van der Waals surface area contributed by atoms with Crippen LogP contribution < -0.4 is 14.8 Å². The van der Waals surface area contributed by atoms with Crippen molar-refractivity contribution in [3.05, 3.63) is 102 Å². The van der Waals surface area contributed by atoms with Gasteiger partial charge in [0.2, 0.25) is 0 Å². The largest absolute Gasteiger partial charge is 0.477 e. The van der Waals surface area contributed by atoms with Gasteiger partial charge in [0.15, 0.2) is 0 Å². The second-order valence-electron chi connectivity index (χ2n) is 7.22. The molecule has 2 aliphatic heterocycles.